The Labute approximate surface area is 95.2 Å². The van der Waals surface area contributed by atoms with E-state index < -0.39 is 0 Å². The highest BCUT2D eigenvalue weighted by atomic mass is 16.4. The first kappa shape index (κ1) is 12.3. The predicted molar refractivity (Wildman–Crippen MR) is 61.0 cm³/mol. The fourth-order valence-electron chi connectivity index (χ4n) is 1.40. The van der Waals surface area contributed by atoms with Crippen molar-refractivity contribution in [2.24, 2.45) is 5.92 Å². The number of nitrogens with zero attached hydrogens (tertiary/aromatic N) is 1. The number of furan rings is 1. The molecule has 0 saturated heterocycles. The van der Waals surface area contributed by atoms with Gasteiger partial charge in [0.15, 0.2) is 0 Å². The van der Waals surface area contributed by atoms with Crippen LogP contribution in [-0.4, -0.2) is 5.91 Å². The summed E-state index contributed by atoms with van der Waals surface area (Å²) < 4.78 is 5.33. The summed E-state index contributed by atoms with van der Waals surface area (Å²) >= 11 is 0. The quantitative estimate of drug-likeness (QED) is 0.851. The lowest BCUT2D eigenvalue weighted by Gasteiger charge is -2.04. The van der Waals surface area contributed by atoms with Gasteiger partial charge in [0.25, 0.3) is 0 Å². The van der Waals surface area contributed by atoms with Gasteiger partial charge in [-0.15, -0.1) is 0 Å². The first-order valence-corrected chi connectivity index (χ1v) is 5.25. The Kier molecular flexibility index (Phi) is 3.73. The van der Waals surface area contributed by atoms with Crippen LogP contribution in [0.1, 0.15) is 37.2 Å². The second kappa shape index (κ2) is 4.84. The van der Waals surface area contributed by atoms with Gasteiger partial charge in [-0.3, -0.25) is 10.1 Å². The van der Waals surface area contributed by atoms with Gasteiger partial charge in [-0.2, -0.15) is 5.26 Å². The molecule has 1 amide bonds. The molecule has 1 rings (SSSR count). The smallest absolute Gasteiger partial charge is 0.226 e. The molecule has 0 aliphatic rings. The molecule has 0 saturated carbocycles. The first-order chi connectivity index (χ1) is 7.45. The van der Waals surface area contributed by atoms with E-state index in [-0.39, 0.29) is 17.7 Å². The van der Waals surface area contributed by atoms with E-state index in [1.165, 1.54) is 0 Å². The highest BCUT2D eigenvalue weighted by molar-refractivity contribution is 5.91. The minimum Gasteiger partial charge on any atom is -0.444 e. The van der Waals surface area contributed by atoms with E-state index in [9.17, 15) is 4.79 Å². The van der Waals surface area contributed by atoms with Gasteiger partial charge in [0.2, 0.25) is 11.8 Å². The molecule has 86 valence electrons. The van der Waals surface area contributed by atoms with E-state index in [1.54, 1.807) is 13.8 Å². The van der Waals surface area contributed by atoms with Crippen LogP contribution in [0.2, 0.25) is 0 Å². The summed E-state index contributed by atoms with van der Waals surface area (Å²) in [7, 11) is 0. The van der Waals surface area contributed by atoms with Gasteiger partial charge >= 0.3 is 0 Å². The molecular weight excluding hydrogens is 204 g/mol. The maximum absolute atomic E-state index is 11.5. The molecule has 0 aliphatic heterocycles. The number of anilines is 1. The number of hydrogen-bond acceptors (Lipinski definition) is 3. The van der Waals surface area contributed by atoms with Crippen molar-refractivity contribution in [2.45, 2.75) is 34.1 Å². The zero-order valence-corrected chi connectivity index (χ0v) is 10.0. The summed E-state index contributed by atoms with van der Waals surface area (Å²) in [5.74, 6) is 1.09. The largest absolute Gasteiger partial charge is 0.444 e. The Bertz CT molecular complexity index is 439. The van der Waals surface area contributed by atoms with Crippen molar-refractivity contribution in [1.82, 2.24) is 0 Å². The van der Waals surface area contributed by atoms with Crippen LogP contribution in [0.15, 0.2) is 4.42 Å². The number of nitriles is 1. The van der Waals surface area contributed by atoms with Gasteiger partial charge in [-0.1, -0.05) is 13.8 Å². The summed E-state index contributed by atoms with van der Waals surface area (Å²) in [6, 6.07) is 2.03. The number of aryl methyl sites for hydroxylation is 1. The molecular formula is C12H16N2O2. The average Bonchev–Trinajstić information content (AvgIpc) is 2.40. The van der Waals surface area contributed by atoms with E-state index in [4.69, 9.17) is 9.68 Å². The SMILES string of the molecule is Cc1oc(NC(=O)CC(C)C)c(C#N)c1C. The van der Waals surface area contributed by atoms with Crippen molar-refractivity contribution in [3.8, 4) is 6.07 Å². The molecule has 1 aromatic rings. The molecule has 0 unspecified atom stereocenters. The molecule has 0 aliphatic carbocycles. The summed E-state index contributed by atoms with van der Waals surface area (Å²) in [6.07, 6.45) is 0.420. The molecule has 0 radical (unpaired) electrons. The lowest BCUT2D eigenvalue weighted by molar-refractivity contribution is -0.116. The topological polar surface area (TPSA) is 66.0 Å². The zero-order valence-electron chi connectivity index (χ0n) is 10.0. The molecule has 1 aromatic heterocycles. The lowest BCUT2D eigenvalue weighted by Crippen LogP contribution is -2.14. The molecule has 0 spiro atoms. The number of nitrogens with one attached hydrogen (secondary N) is 1. The number of carbonyl (C=O) groups is 1. The summed E-state index contributed by atoms with van der Waals surface area (Å²) in [6.45, 7) is 7.50. The third-order valence-electron chi connectivity index (χ3n) is 2.34. The van der Waals surface area contributed by atoms with Crippen LogP contribution in [0.5, 0.6) is 0 Å². The molecule has 16 heavy (non-hydrogen) atoms. The fraction of sp³-hybridized carbons (Fsp3) is 0.500. The fourth-order valence-corrected chi connectivity index (χ4v) is 1.40. The van der Waals surface area contributed by atoms with Gasteiger partial charge in [0, 0.05) is 12.0 Å². The number of rotatable bonds is 3. The maximum atomic E-state index is 11.5. The van der Waals surface area contributed by atoms with Crippen LogP contribution in [0.4, 0.5) is 5.88 Å². The lowest BCUT2D eigenvalue weighted by atomic mass is 10.1. The molecule has 4 heteroatoms. The third-order valence-corrected chi connectivity index (χ3v) is 2.34. The second-order valence-electron chi connectivity index (χ2n) is 4.25. The van der Waals surface area contributed by atoms with Crippen molar-refractivity contribution >= 4 is 11.8 Å². The van der Waals surface area contributed by atoms with Gasteiger partial charge in [-0.05, 0) is 19.8 Å². The van der Waals surface area contributed by atoms with E-state index in [0.29, 0.717) is 17.7 Å². The minimum absolute atomic E-state index is 0.125. The Morgan fingerprint density at radius 3 is 2.62 bits per heavy atom. The molecule has 1 heterocycles. The van der Waals surface area contributed by atoms with Crippen molar-refractivity contribution in [3.05, 3.63) is 16.9 Å². The number of amides is 1. The van der Waals surface area contributed by atoms with Crippen LogP contribution in [0, 0.1) is 31.1 Å². The second-order valence-corrected chi connectivity index (χ2v) is 4.25. The monoisotopic (exact) mass is 220 g/mol. The van der Waals surface area contributed by atoms with Crippen molar-refractivity contribution in [1.29, 1.82) is 5.26 Å². The van der Waals surface area contributed by atoms with E-state index in [1.807, 2.05) is 19.9 Å². The molecule has 0 atom stereocenters. The van der Waals surface area contributed by atoms with Gasteiger partial charge in [0.1, 0.15) is 17.4 Å². The molecule has 0 aromatic carbocycles. The van der Waals surface area contributed by atoms with Crippen LogP contribution < -0.4 is 5.32 Å². The Balaban J connectivity index is 2.86. The van der Waals surface area contributed by atoms with Crippen LogP contribution >= 0.6 is 0 Å². The summed E-state index contributed by atoms with van der Waals surface area (Å²) in [4.78, 5) is 11.5. The van der Waals surface area contributed by atoms with Crippen molar-refractivity contribution < 1.29 is 9.21 Å². The molecule has 0 fully saturated rings. The Morgan fingerprint density at radius 1 is 1.50 bits per heavy atom. The standard InChI is InChI=1S/C12H16N2O2/c1-7(2)5-11(15)14-12-10(6-13)8(3)9(4)16-12/h7H,5H2,1-4H3,(H,14,15). The average molecular weight is 220 g/mol. The van der Waals surface area contributed by atoms with Gasteiger partial charge in [0.05, 0.1) is 0 Å². The van der Waals surface area contributed by atoms with E-state index >= 15 is 0 Å². The summed E-state index contributed by atoms with van der Waals surface area (Å²) in [5, 5.41) is 11.6. The van der Waals surface area contributed by atoms with Gasteiger partial charge in [-0.25, -0.2) is 0 Å². The summed E-state index contributed by atoms with van der Waals surface area (Å²) in [5.41, 5.74) is 1.19. The van der Waals surface area contributed by atoms with Crippen molar-refractivity contribution in [3.63, 3.8) is 0 Å². The Morgan fingerprint density at radius 2 is 2.12 bits per heavy atom. The van der Waals surface area contributed by atoms with E-state index in [0.717, 1.165) is 5.56 Å². The minimum atomic E-state index is -0.125. The zero-order chi connectivity index (χ0) is 12.3. The number of hydrogen-bond donors (Lipinski definition) is 1. The molecule has 4 nitrogen and oxygen atoms in total. The van der Waals surface area contributed by atoms with Gasteiger partial charge < -0.3 is 4.42 Å². The first-order valence-electron chi connectivity index (χ1n) is 5.25. The third kappa shape index (κ3) is 2.63. The van der Waals surface area contributed by atoms with Crippen LogP contribution in [0.25, 0.3) is 0 Å². The predicted octanol–water partition coefficient (Wildman–Crippen LogP) is 2.75. The maximum Gasteiger partial charge on any atom is 0.226 e. The van der Waals surface area contributed by atoms with Crippen LogP contribution in [-0.2, 0) is 4.79 Å². The van der Waals surface area contributed by atoms with Crippen molar-refractivity contribution in [2.75, 3.05) is 5.32 Å². The number of carbonyl (C=O) groups excluding carboxylic acids is 1. The van der Waals surface area contributed by atoms with Crippen LogP contribution in [0.3, 0.4) is 0 Å². The highest BCUT2D eigenvalue weighted by Crippen LogP contribution is 2.25. The molecule has 0 bridgehead atoms. The Hall–Kier alpha value is -1.76. The highest BCUT2D eigenvalue weighted by Gasteiger charge is 2.16. The molecule has 1 N–H and O–H groups in total. The normalized spacial score (nSPS) is 10.2. The van der Waals surface area contributed by atoms with E-state index in [2.05, 4.69) is 5.32 Å².